The third-order valence-electron chi connectivity index (χ3n) is 2.61. The first kappa shape index (κ1) is 14.0. The van der Waals surface area contributed by atoms with Crippen LogP contribution in [-0.2, 0) is 6.61 Å². The van der Waals surface area contributed by atoms with E-state index >= 15 is 0 Å². The Morgan fingerprint density at radius 2 is 1.84 bits per heavy atom. The minimum absolute atomic E-state index is 0.0932. The molecular weight excluding hydrogens is 326 g/mol. The summed E-state index contributed by atoms with van der Waals surface area (Å²) in [6.07, 6.45) is 0. The van der Waals surface area contributed by atoms with Gasteiger partial charge in [-0.05, 0) is 45.8 Å². The number of aliphatic hydroxyl groups is 1. The number of hydrogen-bond donors (Lipinski definition) is 2. The molecule has 0 aliphatic rings. The lowest BCUT2D eigenvalue weighted by Crippen LogP contribution is -1.92. The molecule has 0 aliphatic carbocycles. The molecule has 0 fully saturated rings. The molecule has 0 aliphatic heterocycles. The lowest BCUT2D eigenvalue weighted by Gasteiger charge is -2.04. The molecule has 0 atom stereocenters. The van der Waals surface area contributed by atoms with Gasteiger partial charge < -0.3 is 10.8 Å². The van der Waals surface area contributed by atoms with Crippen molar-refractivity contribution < 1.29 is 5.11 Å². The normalized spacial score (nSPS) is 9.84. The Morgan fingerprint density at radius 1 is 1.16 bits per heavy atom. The van der Waals surface area contributed by atoms with Crippen LogP contribution < -0.4 is 5.73 Å². The van der Waals surface area contributed by atoms with E-state index in [2.05, 4.69) is 27.8 Å². The van der Waals surface area contributed by atoms with E-state index in [9.17, 15) is 5.11 Å². The van der Waals surface area contributed by atoms with Crippen molar-refractivity contribution in [3.8, 4) is 11.8 Å². The van der Waals surface area contributed by atoms with E-state index in [1.807, 2.05) is 18.2 Å². The fraction of sp³-hybridized carbons (Fsp3) is 0.0667. The van der Waals surface area contributed by atoms with Gasteiger partial charge in [0.25, 0.3) is 0 Å². The summed E-state index contributed by atoms with van der Waals surface area (Å²) >= 11 is 9.35. The highest BCUT2D eigenvalue weighted by Crippen LogP contribution is 2.26. The number of rotatable bonds is 1. The minimum Gasteiger partial charge on any atom is -0.398 e. The molecule has 2 rings (SSSR count). The Labute approximate surface area is 125 Å². The predicted octanol–water partition coefficient (Wildman–Crippen LogP) is 3.58. The summed E-state index contributed by atoms with van der Waals surface area (Å²) in [4.78, 5) is 0. The molecule has 2 aromatic carbocycles. The Morgan fingerprint density at radius 3 is 2.53 bits per heavy atom. The number of hydrogen-bond acceptors (Lipinski definition) is 2. The summed E-state index contributed by atoms with van der Waals surface area (Å²) in [6.45, 7) is -0.0932. The van der Waals surface area contributed by atoms with Crippen molar-refractivity contribution in [3.05, 3.63) is 62.6 Å². The number of para-hydroxylation sites is 1. The average molecular weight is 337 g/mol. The van der Waals surface area contributed by atoms with Gasteiger partial charge in [-0.3, -0.25) is 0 Å². The summed E-state index contributed by atoms with van der Waals surface area (Å²) in [5, 5.41) is 9.89. The molecule has 0 amide bonds. The molecule has 0 saturated carbocycles. The van der Waals surface area contributed by atoms with E-state index in [0.717, 1.165) is 15.6 Å². The highest BCUT2D eigenvalue weighted by molar-refractivity contribution is 9.10. The first-order chi connectivity index (χ1) is 9.11. The van der Waals surface area contributed by atoms with Crippen molar-refractivity contribution in [1.82, 2.24) is 0 Å². The van der Waals surface area contributed by atoms with Gasteiger partial charge in [0.05, 0.1) is 11.6 Å². The maximum atomic E-state index is 9.33. The van der Waals surface area contributed by atoms with Crippen molar-refractivity contribution in [2.45, 2.75) is 6.61 Å². The average Bonchev–Trinajstić information content (AvgIpc) is 2.41. The summed E-state index contributed by atoms with van der Waals surface area (Å²) < 4.78 is 0.739. The van der Waals surface area contributed by atoms with Crippen LogP contribution in [0.4, 0.5) is 5.69 Å². The Balaban J connectivity index is 2.45. The molecule has 19 heavy (non-hydrogen) atoms. The van der Waals surface area contributed by atoms with Crippen molar-refractivity contribution in [2.75, 3.05) is 5.73 Å². The van der Waals surface area contributed by atoms with Gasteiger partial charge in [0, 0.05) is 21.3 Å². The second kappa shape index (κ2) is 6.12. The molecule has 2 aromatic rings. The SMILES string of the molecule is Nc1ccccc1C#Cc1cc(Cl)c(Br)cc1CO. The molecule has 3 N–H and O–H groups in total. The predicted molar refractivity (Wildman–Crippen MR) is 81.9 cm³/mol. The van der Waals surface area contributed by atoms with Gasteiger partial charge in [0.1, 0.15) is 0 Å². The molecule has 0 radical (unpaired) electrons. The van der Waals surface area contributed by atoms with Crippen LogP contribution in [0.5, 0.6) is 0 Å². The molecule has 0 unspecified atom stereocenters. The second-order valence-corrected chi connectivity index (χ2v) is 5.18. The Hall–Kier alpha value is -1.47. The number of aliphatic hydroxyl groups excluding tert-OH is 1. The highest BCUT2D eigenvalue weighted by Gasteiger charge is 2.04. The maximum absolute atomic E-state index is 9.33. The minimum atomic E-state index is -0.0932. The lowest BCUT2D eigenvalue weighted by molar-refractivity contribution is 0.281. The fourth-order valence-corrected chi connectivity index (χ4v) is 2.14. The summed E-state index contributed by atoms with van der Waals surface area (Å²) in [6, 6.07) is 10.9. The van der Waals surface area contributed by atoms with Crippen LogP contribution in [-0.4, -0.2) is 5.11 Å². The van der Waals surface area contributed by atoms with Gasteiger partial charge in [0.2, 0.25) is 0 Å². The van der Waals surface area contributed by atoms with Gasteiger partial charge in [-0.25, -0.2) is 0 Å². The van der Waals surface area contributed by atoms with Crippen molar-refractivity contribution in [3.63, 3.8) is 0 Å². The van der Waals surface area contributed by atoms with Crippen LogP contribution in [0.2, 0.25) is 5.02 Å². The number of nitrogen functional groups attached to an aromatic ring is 1. The van der Waals surface area contributed by atoms with Crippen LogP contribution in [0.25, 0.3) is 0 Å². The number of anilines is 1. The van der Waals surface area contributed by atoms with Crippen molar-refractivity contribution >= 4 is 33.2 Å². The molecule has 0 spiro atoms. The van der Waals surface area contributed by atoms with Crippen molar-refractivity contribution in [1.29, 1.82) is 0 Å². The largest absolute Gasteiger partial charge is 0.398 e. The number of nitrogens with two attached hydrogens (primary N) is 1. The molecule has 4 heteroatoms. The maximum Gasteiger partial charge on any atom is 0.0694 e. The zero-order valence-corrected chi connectivity index (χ0v) is 12.3. The van der Waals surface area contributed by atoms with E-state index in [0.29, 0.717) is 16.3 Å². The van der Waals surface area contributed by atoms with Crippen LogP contribution >= 0.6 is 27.5 Å². The molecule has 0 saturated heterocycles. The summed E-state index contributed by atoms with van der Waals surface area (Å²) in [5.41, 5.74) is 8.62. The van der Waals surface area contributed by atoms with Crippen LogP contribution in [0.3, 0.4) is 0 Å². The third-order valence-corrected chi connectivity index (χ3v) is 3.81. The molecule has 96 valence electrons. The zero-order chi connectivity index (χ0) is 13.8. The molecule has 0 heterocycles. The standard InChI is InChI=1S/C15H11BrClNO/c16-13-7-12(9-19)11(8-14(13)17)6-5-10-3-1-2-4-15(10)18/h1-4,7-8,19H,9,18H2. The zero-order valence-electron chi connectivity index (χ0n) is 9.95. The van der Waals surface area contributed by atoms with E-state index in [1.54, 1.807) is 18.2 Å². The first-order valence-corrected chi connectivity index (χ1v) is 6.74. The second-order valence-electron chi connectivity index (χ2n) is 3.92. The van der Waals surface area contributed by atoms with Gasteiger partial charge in [-0.15, -0.1) is 0 Å². The number of halogens is 2. The summed E-state index contributed by atoms with van der Waals surface area (Å²) in [5.74, 6) is 5.98. The van der Waals surface area contributed by atoms with E-state index in [-0.39, 0.29) is 6.61 Å². The Kier molecular flexibility index (Phi) is 4.49. The van der Waals surface area contributed by atoms with Gasteiger partial charge >= 0.3 is 0 Å². The van der Waals surface area contributed by atoms with E-state index in [1.165, 1.54) is 0 Å². The smallest absolute Gasteiger partial charge is 0.0694 e. The van der Waals surface area contributed by atoms with Crippen LogP contribution in [0.15, 0.2) is 40.9 Å². The number of benzene rings is 2. The lowest BCUT2D eigenvalue weighted by atomic mass is 10.1. The third kappa shape index (κ3) is 3.30. The monoisotopic (exact) mass is 335 g/mol. The molecular formula is C15H11BrClNO. The summed E-state index contributed by atoms with van der Waals surface area (Å²) in [7, 11) is 0. The Bertz CT molecular complexity index is 674. The van der Waals surface area contributed by atoms with Crippen LogP contribution in [0.1, 0.15) is 16.7 Å². The first-order valence-electron chi connectivity index (χ1n) is 5.57. The van der Waals surface area contributed by atoms with Crippen LogP contribution in [0, 0.1) is 11.8 Å². The molecule has 0 bridgehead atoms. The quantitative estimate of drug-likeness (QED) is 0.617. The van der Waals surface area contributed by atoms with Crippen molar-refractivity contribution in [2.24, 2.45) is 0 Å². The van der Waals surface area contributed by atoms with Gasteiger partial charge in [-0.1, -0.05) is 35.6 Å². The fourth-order valence-electron chi connectivity index (χ4n) is 1.58. The molecule has 2 nitrogen and oxygen atoms in total. The highest BCUT2D eigenvalue weighted by atomic mass is 79.9. The van der Waals surface area contributed by atoms with E-state index < -0.39 is 0 Å². The van der Waals surface area contributed by atoms with E-state index in [4.69, 9.17) is 17.3 Å². The van der Waals surface area contributed by atoms with Gasteiger partial charge in [-0.2, -0.15) is 0 Å². The molecule has 0 aromatic heterocycles. The topological polar surface area (TPSA) is 46.2 Å². The van der Waals surface area contributed by atoms with Gasteiger partial charge in [0.15, 0.2) is 0 Å².